The molecule has 2 N–H and O–H groups in total. The Labute approximate surface area is 107 Å². The predicted molar refractivity (Wildman–Crippen MR) is 75.7 cm³/mol. The van der Waals surface area contributed by atoms with Gasteiger partial charge in [-0.2, -0.15) is 10.2 Å². The Morgan fingerprint density at radius 3 is 2.17 bits per heavy atom. The highest BCUT2D eigenvalue weighted by atomic mass is 15.1. The van der Waals surface area contributed by atoms with Gasteiger partial charge < -0.3 is 5.73 Å². The maximum absolute atomic E-state index is 5.85. The van der Waals surface area contributed by atoms with Gasteiger partial charge >= 0.3 is 0 Å². The van der Waals surface area contributed by atoms with Crippen molar-refractivity contribution in [1.29, 1.82) is 0 Å². The standard InChI is InChI=1S/C15H17N3/c1-10-6-4-5-7-14(10)17-18-15-9-11(2)13(16)8-12(15)3/h4-9H,16H2,1-3H3/b18-17+. The zero-order valence-corrected chi connectivity index (χ0v) is 10.9. The van der Waals surface area contributed by atoms with Crippen molar-refractivity contribution in [3.05, 3.63) is 53.1 Å². The van der Waals surface area contributed by atoms with Crippen molar-refractivity contribution >= 4 is 17.1 Å². The Kier molecular flexibility index (Phi) is 3.42. The second-order valence-electron chi connectivity index (χ2n) is 4.48. The van der Waals surface area contributed by atoms with Crippen LogP contribution in [0.4, 0.5) is 17.1 Å². The fourth-order valence-electron chi connectivity index (χ4n) is 1.71. The van der Waals surface area contributed by atoms with Crippen LogP contribution in [0.15, 0.2) is 46.6 Å². The van der Waals surface area contributed by atoms with Crippen LogP contribution >= 0.6 is 0 Å². The molecule has 0 bridgehead atoms. The molecule has 0 saturated heterocycles. The van der Waals surface area contributed by atoms with E-state index in [4.69, 9.17) is 5.73 Å². The van der Waals surface area contributed by atoms with Crippen LogP contribution in [0.1, 0.15) is 16.7 Å². The van der Waals surface area contributed by atoms with E-state index in [2.05, 4.69) is 10.2 Å². The lowest BCUT2D eigenvalue weighted by Gasteiger charge is -2.04. The van der Waals surface area contributed by atoms with E-state index in [0.717, 1.165) is 33.8 Å². The number of benzene rings is 2. The summed E-state index contributed by atoms with van der Waals surface area (Å²) in [6, 6.07) is 11.8. The van der Waals surface area contributed by atoms with Crippen molar-refractivity contribution in [1.82, 2.24) is 0 Å². The first-order chi connectivity index (χ1) is 8.58. The van der Waals surface area contributed by atoms with E-state index in [9.17, 15) is 0 Å². The highest BCUT2D eigenvalue weighted by Crippen LogP contribution is 2.27. The van der Waals surface area contributed by atoms with Gasteiger partial charge in [-0.15, -0.1) is 0 Å². The van der Waals surface area contributed by atoms with Crippen LogP contribution in [0.2, 0.25) is 0 Å². The molecule has 0 aliphatic carbocycles. The van der Waals surface area contributed by atoms with Gasteiger partial charge in [0.2, 0.25) is 0 Å². The summed E-state index contributed by atoms with van der Waals surface area (Å²) in [6.07, 6.45) is 0. The van der Waals surface area contributed by atoms with E-state index in [1.54, 1.807) is 0 Å². The lowest BCUT2D eigenvalue weighted by Crippen LogP contribution is -1.90. The van der Waals surface area contributed by atoms with Crippen LogP contribution in [-0.2, 0) is 0 Å². The van der Waals surface area contributed by atoms with Gasteiger partial charge in [-0.05, 0) is 55.7 Å². The molecule has 0 radical (unpaired) electrons. The molecule has 3 nitrogen and oxygen atoms in total. The van der Waals surface area contributed by atoms with E-state index in [0.29, 0.717) is 0 Å². The average molecular weight is 239 g/mol. The van der Waals surface area contributed by atoms with E-state index >= 15 is 0 Å². The number of hydrogen-bond donors (Lipinski definition) is 1. The first-order valence-electron chi connectivity index (χ1n) is 5.92. The minimum atomic E-state index is 0.794. The van der Waals surface area contributed by atoms with E-state index < -0.39 is 0 Å². The lowest BCUT2D eigenvalue weighted by molar-refractivity contribution is 1.19. The monoisotopic (exact) mass is 239 g/mol. The molecule has 0 aliphatic heterocycles. The van der Waals surface area contributed by atoms with Crippen molar-refractivity contribution in [2.24, 2.45) is 10.2 Å². The summed E-state index contributed by atoms with van der Waals surface area (Å²) >= 11 is 0. The third-order valence-electron chi connectivity index (χ3n) is 2.97. The summed E-state index contributed by atoms with van der Waals surface area (Å²) in [6.45, 7) is 5.99. The first kappa shape index (κ1) is 12.3. The van der Waals surface area contributed by atoms with Crippen LogP contribution in [0.25, 0.3) is 0 Å². The van der Waals surface area contributed by atoms with Gasteiger partial charge in [0.1, 0.15) is 0 Å². The van der Waals surface area contributed by atoms with Crippen molar-refractivity contribution in [3.63, 3.8) is 0 Å². The number of aryl methyl sites for hydroxylation is 3. The number of azo groups is 1. The molecular formula is C15H17N3. The summed E-state index contributed by atoms with van der Waals surface area (Å²) in [5.74, 6) is 0. The molecule has 0 fully saturated rings. The summed E-state index contributed by atoms with van der Waals surface area (Å²) in [5.41, 5.74) is 11.6. The van der Waals surface area contributed by atoms with Crippen molar-refractivity contribution in [2.45, 2.75) is 20.8 Å². The van der Waals surface area contributed by atoms with E-state index in [-0.39, 0.29) is 0 Å². The van der Waals surface area contributed by atoms with Crippen LogP contribution in [0, 0.1) is 20.8 Å². The van der Waals surface area contributed by atoms with Crippen LogP contribution < -0.4 is 5.73 Å². The number of rotatable bonds is 2. The summed E-state index contributed by atoms with van der Waals surface area (Å²) < 4.78 is 0. The summed E-state index contributed by atoms with van der Waals surface area (Å²) in [5, 5.41) is 8.60. The zero-order chi connectivity index (χ0) is 13.1. The smallest absolute Gasteiger partial charge is 0.0890 e. The molecule has 0 spiro atoms. The molecule has 0 amide bonds. The molecule has 2 rings (SSSR count). The maximum atomic E-state index is 5.85. The van der Waals surface area contributed by atoms with Crippen LogP contribution in [0.3, 0.4) is 0 Å². The predicted octanol–water partition coefficient (Wildman–Crippen LogP) is 4.61. The Balaban J connectivity index is 2.35. The molecule has 0 unspecified atom stereocenters. The Morgan fingerprint density at radius 1 is 0.778 bits per heavy atom. The molecule has 0 aromatic heterocycles. The largest absolute Gasteiger partial charge is 0.399 e. The second kappa shape index (κ2) is 5.00. The molecule has 0 heterocycles. The third kappa shape index (κ3) is 2.56. The maximum Gasteiger partial charge on any atom is 0.0890 e. The number of nitrogens with two attached hydrogens (primary N) is 1. The number of nitrogens with zero attached hydrogens (tertiary/aromatic N) is 2. The van der Waals surface area contributed by atoms with Crippen LogP contribution in [-0.4, -0.2) is 0 Å². The van der Waals surface area contributed by atoms with Gasteiger partial charge in [0.25, 0.3) is 0 Å². The number of anilines is 1. The minimum Gasteiger partial charge on any atom is -0.399 e. The van der Waals surface area contributed by atoms with Crippen molar-refractivity contribution < 1.29 is 0 Å². The number of hydrogen-bond acceptors (Lipinski definition) is 3. The molecule has 0 aliphatic rings. The number of nitrogen functional groups attached to an aromatic ring is 1. The van der Waals surface area contributed by atoms with E-state index in [1.807, 2.05) is 57.2 Å². The highest BCUT2D eigenvalue weighted by Gasteiger charge is 2.01. The molecule has 0 saturated carbocycles. The fourth-order valence-corrected chi connectivity index (χ4v) is 1.71. The van der Waals surface area contributed by atoms with Crippen molar-refractivity contribution in [2.75, 3.05) is 5.73 Å². The molecule has 3 heteroatoms. The third-order valence-corrected chi connectivity index (χ3v) is 2.97. The molecule has 92 valence electrons. The fraction of sp³-hybridized carbons (Fsp3) is 0.200. The highest BCUT2D eigenvalue weighted by molar-refractivity contribution is 5.59. The molecule has 2 aromatic rings. The summed E-state index contributed by atoms with van der Waals surface area (Å²) in [4.78, 5) is 0. The molecule has 2 aromatic carbocycles. The van der Waals surface area contributed by atoms with Gasteiger partial charge in [-0.1, -0.05) is 18.2 Å². The Morgan fingerprint density at radius 2 is 1.44 bits per heavy atom. The van der Waals surface area contributed by atoms with Gasteiger partial charge in [-0.25, -0.2) is 0 Å². The molecular weight excluding hydrogens is 222 g/mol. The quantitative estimate of drug-likeness (QED) is 0.603. The normalized spacial score (nSPS) is 11.1. The van der Waals surface area contributed by atoms with E-state index in [1.165, 1.54) is 0 Å². The van der Waals surface area contributed by atoms with Gasteiger partial charge in [0.05, 0.1) is 11.4 Å². The van der Waals surface area contributed by atoms with Crippen molar-refractivity contribution in [3.8, 4) is 0 Å². The Hall–Kier alpha value is -2.16. The molecule has 18 heavy (non-hydrogen) atoms. The topological polar surface area (TPSA) is 50.7 Å². The first-order valence-corrected chi connectivity index (χ1v) is 5.92. The van der Waals surface area contributed by atoms with Gasteiger partial charge in [0, 0.05) is 5.69 Å². The SMILES string of the molecule is Cc1cc(/N=N/c2ccccc2C)c(C)cc1N. The summed E-state index contributed by atoms with van der Waals surface area (Å²) in [7, 11) is 0. The zero-order valence-electron chi connectivity index (χ0n) is 10.9. The van der Waals surface area contributed by atoms with Crippen LogP contribution in [0.5, 0.6) is 0 Å². The molecule has 0 atom stereocenters. The second-order valence-corrected chi connectivity index (χ2v) is 4.48. The minimum absolute atomic E-state index is 0.794. The Bertz CT molecular complexity index is 601. The lowest BCUT2D eigenvalue weighted by atomic mass is 10.1. The van der Waals surface area contributed by atoms with Gasteiger partial charge in [0.15, 0.2) is 0 Å². The van der Waals surface area contributed by atoms with Gasteiger partial charge in [-0.3, -0.25) is 0 Å². The average Bonchev–Trinajstić information content (AvgIpc) is 2.34.